The van der Waals surface area contributed by atoms with E-state index in [1.165, 1.54) is 22.3 Å². The van der Waals surface area contributed by atoms with Gasteiger partial charge in [0.25, 0.3) is 0 Å². The van der Waals surface area contributed by atoms with Gasteiger partial charge < -0.3 is 24.8 Å². The number of allylic oxidation sites excluding steroid dienone is 8. The van der Waals surface area contributed by atoms with E-state index in [1.807, 2.05) is 0 Å². The summed E-state index contributed by atoms with van der Waals surface area (Å²) in [6.07, 6.45) is 13.3. The van der Waals surface area contributed by atoms with Crippen LogP contribution in [0.3, 0.4) is 0 Å². The fraction of sp³-hybridized carbons (Fsp3) is 0.118. The zero-order chi connectivity index (χ0) is 11.7. The van der Waals surface area contributed by atoms with E-state index in [0.717, 1.165) is 0 Å². The Hall–Kier alpha value is -0.487. The van der Waals surface area contributed by atoms with Crippen molar-refractivity contribution in [3.05, 3.63) is 83.8 Å². The fourth-order valence-corrected chi connectivity index (χ4v) is 2.44. The van der Waals surface area contributed by atoms with Gasteiger partial charge in [-0.05, 0) is 5.56 Å². The number of benzene rings is 1. The molecule has 1 unspecified atom stereocenters. The third-order valence-corrected chi connectivity index (χ3v) is 3.21. The van der Waals surface area contributed by atoms with E-state index in [1.54, 1.807) is 0 Å². The molecule has 0 spiro atoms. The van der Waals surface area contributed by atoms with Gasteiger partial charge in [-0.2, -0.15) is 18.1 Å². The Kier molecular flexibility index (Phi) is 8.51. The van der Waals surface area contributed by atoms with E-state index in [9.17, 15) is 0 Å². The van der Waals surface area contributed by atoms with Crippen molar-refractivity contribution in [2.45, 2.75) is 6.92 Å². The number of halogens is 2. The average Bonchev–Trinajstić information content (AvgIpc) is 2.61. The first kappa shape index (κ1) is 19.5. The van der Waals surface area contributed by atoms with E-state index in [4.69, 9.17) is 0 Å². The minimum atomic E-state index is 0. The average molecular weight is 381 g/mol. The molecule has 0 aliphatic heterocycles. The number of hydrogen-bond donors (Lipinski definition) is 0. The normalized spacial score (nSPS) is 18.6. The topological polar surface area (TPSA) is 0 Å². The van der Waals surface area contributed by atoms with Gasteiger partial charge in [-0.15, -0.1) is 17.7 Å². The molecule has 0 N–H and O–H groups in total. The molecule has 0 aromatic heterocycles. The Morgan fingerprint density at radius 2 is 1.55 bits per heavy atom. The van der Waals surface area contributed by atoms with Crippen LogP contribution in [0.4, 0.5) is 0 Å². The molecule has 0 nitrogen and oxygen atoms in total. The van der Waals surface area contributed by atoms with Crippen LogP contribution in [0.15, 0.2) is 71.9 Å². The summed E-state index contributed by atoms with van der Waals surface area (Å²) in [4.78, 5) is 0. The van der Waals surface area contributed by atoms with Crippen LogP contribution in [0.2, 0.25) is 0 Å². The van der Waals surface area contributed by atoms with Crippen molar-refractivity contribution in [1.29, 1.82) is 0 Å². The van der Waals surface area contributed by atoms with E-state index >= 15 is 0 Å². The summed E-state index contributed by atoms with van der Waals surface area (Å²) in [6.45, 7) is 2.23. The number of rotatable bonds is 1. The third kappa shape index (κ3) is 4.01. The van der Waals surface area contributed by atoms with Gasteiger partial charge in [0.15, 0.2) is 0 Å². The Bertz CT molecular complexity index is 554. The summed E-state index contributed by atoms with van der Waals surface area (Å²) in [5, 5.41) is 0. The van der Waals surface area contributed by atoms with Crippen molar-refractivity contribution in [3.8, 4) is 0 Å². The van der Waals surface area contributed by atoms with Crippen molar-refractivity contribution in [2.75, 3.05) is 0 Å². The first-order valence-electron chi connectivity index (χ1n) is 6.06. The third-order valence-electron chi connectivity index (χ3n) is 3.21. The second-order valence-electron chi connectivity index (χ2n) is 4.56. The zero-order valence-electron chi connectivity index (χ0n) is 11.2. The molecular weight excluding hydrogens is 366 g/mol. The van der Waals surface area contributed by atoms with Gasteiger partial charge >= 0.3 is 26.2 Å². The molecule has 1 aromatic carbocycles. The molecule has 0 amide bonds. The predicted molar refractivity (Wildman–Crippen MR) is 73.2 cm³/mol. The van der Waals surface area contributed by atoms with Crippen LogP contribution in [0.25, 0.3) is 5.57 Å². The molecule has 2 aliphatic rings. The minimum Gasteiger partial charge on any atom is -1.00 e. The quantitative estimate of drug-likeness (QED) is 0.512. The van der Waals surface area contributed by atoms with Crippen molar-refractivity contribution >= 4 is 5.57 Å². The summed E-state index contributed by atoms with van der Waals surface area (Å²) in [7, 11) is 0. The van der Waals surface area contributed by atoms with Crippen LogP contribution >= 0.6 is 0 Å². The number of fused-ring (bicyclic) bond motifs is 1. The molecule has 1 aromatic rings. The van der Waals surface area contributed by atoms with Crippen LogP contribution < -0.4 is 24.8 Å². The first-order chi connectivity index (χ1) is 8.34. The van der Waals surface area contributed by atoms with Crippen LogP contribution in [-0.4, -0.2) is 0 Å². The molecule has 0 fully saturated rings. The van der Waals surface area contributed by atoms with Gasteiger partial charge in [0, 0.05) is 0 Å². The van der Waals surface area contributed by atoms with Gasteiger partial charge in [-0.25, -0.2) is 0 Å². The smallest absolute Gasteiger partial charge is 1.00 e. The molecule has 2 aliphatic carbocycles. The summed E-state index contributed by atoms with van der Waals surface area (Å²) in [6, 6.07) is 10.6. The maximum Gasteiger partial charge on any atom is 3.00 e. The van der Waals surface area contributed by atoms with E-state index < -0.39 is 0 Å². The number of hydrogen-bond acceptors (Lipinski definition) is 0. The molecule has 3 heteroatoms. The Morgan fingerprint density at radius 3 is 2.25 bits per heavy atom. The minimum absolute atomic E-state index is 0. The van der Waals surface area contributed by atoms with Crippen LogP contribution in [0.1, 0.15) is 12.5 Å². The summed E-state index contributed by atoms with van der Waals surface area (Å²) >= 11 is 0. The molecule has 3 rings (SSSR count). The van der Waals surface area contributed by atoms with E-state index in [-0.39, 0.29) is 51.0 Å². The molecule has 0 heterocycles. The molecule has 101 valence electrons. The molecule has 0 bridgehead atoms. The molecular formula is C17H15Cl2Zr. The molecule has 0 saturated carbocycles. The Morgan fingerprint density at radius 1 is 0.900 bits per heavy atom. The second-order valence-corrected chi connectivity index (χ2v) is 4.56. The van der Waals surface area contributed by atoms with Crippen molar-refractivity contribution in [2.24, 2.45) is 5.92 Å². The van der Waals surface area contributed by atoms with Crippen LogP contribution in [0, 0.1) is 12.3 Å². The predicted octanol–water partition coefficient (Wildman–Crippen LogP) is -1.65. The SMILES string of the molecule is CC1C=C2C(=CC=CC=C2c2ccccc2)[CH-]1.[Cl-].[Cl-].[Zr+3]. The maximum absolute atomic E-state index is 2.34. The zero-order valence-corrected chi connectivity index (χ0v) is 15.2. The molecule has 20 heavy (non-hydrogen) atoms. The van der Waals surface area contributed by atoms with E-state index in [0.29, 0.717) is 5.92 Å². The fourth-order valence-electron chi connectivity index (χ4n) is 2.44. The standard InChI is InChI=1S/C17H15.2ClH.Zr/c1-13-11-15-9-5-6-10-16(17(15)12-13)14-7-3-2-4-8-14;;;/h2-13H,1H3;2*1H;/q-1;;;+3/p-2. The van der Waals surface area contributed by atoms with Gasteiger partial charge in [-0.1, -0.05) is 60.9 Å². The first-order valence-corrected chi connectivity index (χ1v) is 6.06. The van der Waals surface area contributed by atoms with Gasteiger partial charge in [0.1, 0.15) is 0 Å². The van der Waals surface area contributed by atoms with Crippen LogP contribution in [0.5, 0.6) is 0 Å². The summed E-state index contributed by atoms with van der Waals surface area (Å²) < 4.78 is 0. The second kappa shape index (κ2) is 8.72. The van der Waals surface area contributed by atoms with Crippen molar-refractivity contribution < 1.29 is 51.0 Å². The maximum atomic E-state index is 2.34. The Labute approximate surface area is 152 Å². The van der Waals surface area contributed by atoms with Crippen molar-refractivity contribution in [3.63, 3.8) is 0 Å². The van der Waals surface area contributed by atoms with Gasteiger partial charge in [0.05, 0.1) is 0 Å². The summed E-state index contributed by atoms with van der Waals surface area (Å²) in [5.74, 6) is 0.537. The van der Waals surface area contributed by atoms with Gasteiger partial charge in [0.2, 0.25) is 0 Å². The van der Waals surface area contributed by atoms with Gasteiger partial charge in [-0.3, -0.25) is 0 Å². The summed E-state index contributed by atoms with van der Waals surface area (Å²) in [5.41, 5.74) is 5.33. The largest absolute Gasteiger partial charge is 3.00 e. The Balaban J connectivity index is 0.00000120. The van der Waals surface area contributed by atoms with Crippen molar-refractivity contribution in [1.82, 2.24) is 0 Å². The van der Waals surface area contributed by atoms with E-state index in [2.05, 4.69) is 74.1 Å². The molecule has 1 radical (unpaired) electrons. The molecule has 0 saturated heterocycles. The molecule has 1 atom stereocenters. The van der Waals surface area contributed by atoms with Crippen LogP contribution in [-0.2, 0) is 26.2 Å². The monoisotopic (exact) mass is 379 g/mol.